The Hall–Kier alpha value is -2.18. The third-order valence-electron chi connectivity index (χ3n) is 3.65. The van der Waals surface area contributed by atoms with E-state index in [1.807, 2.05) is 43.3 Å². The van der Waals surface area contributed by atoms with Gasteiger partial charge in [0.05, 0.1) is 11.8 Å². The average molecular weight is 370 g/mol. The number of aryl methyl sites for hydroxylation is 1. The van der Waals surface area contributed by atoms with Gasteiger partial charge in [-0.1, -0.05) is 83.8 Å². The van der Waals surface area contributed by atoms with Crippen LogP contribution in [0.1, 0.15) is 22.2 Å². The zero-order valence-corrected chi connectivity index (χ0v) is 15.5. The Labute approximate surface area is 155 Å². The monoisotopic (exact) mass is 369 g/mol. The molecule has 0 radical (unpaired) electrons. The lowest BCUT2D eigenvalue weighted by molar-refractivity contribution is -0.119. The topological polar surface area (TPSA) is 54.9 Å². The van der Waals surface area contributed by atoms with E-state index in [2.05, 4.69) is 39.8 Å². The fraction of sp³-hybridized carbons (Fsp3) is 0.211. The zero-order chi connectivity index (χ0) is 17.5. The first-order chi connectivity index (χ1) is 12.2. The van der Waals surface area contributed by atoms with E-state index in [0.29, 0.717) is 5.75 Å². The molecule has 1 aromatic heterocycles. The van der Waals surface area contributed by atoms with Gasteiger partial charge in [-0.2, -0.15) is 0 Å². The van der Waals surface area contributed by atoms with E-state index in [0.717, 1.165) is 21.3 Å². The summed E-state index contributed by atoms with van der Waals surface area (Å²) in [4.78, 5) is 12.4. The Bertz CT molecular complexity index is 806. The van der Waals surface area contributed by atoms with Crippen molar-refractivity contribution in [2.75, 3.05) is 5.75 Å². The molecule has 2 aromatic carbocycles. The van der Waals surface area contributed by atoms with E-state index < -0.39 is 0 Å². The Morgan fingerprint density at radius 3 is 2.40 bits per heavy atom. The molecule has 3 rings (SSSR count). The third kappa shape index (κ3) is 5.41. The fourth-order valence-corrected chi connectivity index (χ4v) is 4.11. The van der Waals surface area contributed by atoms with Gasteiger partial charge in [0, 0.05) is 0 Å². The number of benzene rings is 2. The van der Waals surface area contributed by atoms with E-state index in [4.69, 9.17) is 0 Å². The molecule has 0 aliphatic carbocycles. The minimum Gasteiger partial charge on any atom is -0.348 e. The normalized spacial score (nSPS) is 11.9. The Morgan fingerprint density at radius 2 is 1.76 bits per heavy atom. The van der Waals surface area contributed by atoms with Crippen molar-refractivity contribution in [3.63, 3.8) is 0 Å². The maximum absolute atomic E-state index is 12.4. The van der Waals surface area contributed by atoms with Crippen LogP contribution >= 0.6 is 23.1 Å². The van der Waals surface area contributed by atoms with Crippen LogP contribution in [0.4, 0.5) is 0 Å². The number of nitrogens with one attached hydrogen (secondary N) is 1. The lowest BCUT2D eigenvalue weighted by Crippen LogP contribution is -2.31. The van der Waals surface area contributed by atoms with Gasteiger partial charge < -0.3 is 5.32 Å². The number of nitrogens with zero attached hydrogens (tertiary/aromatic N) is 2. The van der Waals surface area contributed by atoms with Crippen molar-refractivity contribution in [3.8, 4) is 0 Å². The Balaban J connectivity index is 1.65. The summed E-state index contributed by atoms with van der Waals surface area (Å²) < 4.78 is 0.826. The summed E-state index contributed by atoms with van der Waals surface area (Å²) >= 11 is 2.93. The molecule has 128 valence electrons. The number of rotatable bonds is 7. The summed E-state index contributed by atoms with van der Waals surface area (Å²) in [7, 11) is 0. The minimum absolute atomic E-state index is 0.00244. The molecule has 0 fully saturated rings. The molecule has 0 aliphatic heterocycles. The predicted octanol–water partition coefficient (Wildman–Crippen LogP) is 4.04. The van der Waals surface area contributed by atoms with Gasteiger partial charge in [0.2, 0.25) is 5.91 Å². The lowest BCUT2D eigenvalue weighted by atomic mass is 9.99. The summed E-state index contributed by atoms with van der Waals surface area (Å²) in [6.45, 7) is 1.91. The SMILES string of the molecule is Cc1nnc(SCC(=O)NC(Cc2ccccc2)c2ccccc2)s1. The van der Waals surface area contributed by atoms with Crippen LogP contribution in [-0.4, -0.2) is 21.9 Å². The summed E-state index contributed by atoms with van der Waals surface area (Å²) in [6.07, 6.45) is 0.763. The Morgan fingerprint density at radius 1 is 1.08 bits per heavy atom. The molecular formula is C19H19N3OS2. The highest BCUT2D eigenvalue weighted by Gasteiger charge is 2.16. The maximum atomic E-state index is 12.4. The molecule has 25 heavy (non-hydrogen) atoms. The first kappa shape index (κ1) is 17.6. The van der Waals surface area contributed by atoms with Crippen molar-refractivity contribution in [3.05, 3.63) is 76.8 Å². The first-order valence-electron chi connectivity index (χ1n) is 8.02. The van der Waals surface area contributed by atoms with Gasteiger partial charge in [0.1, 0.15) is 5.01 Å². The molecule has 0 saturated heterocycles. The molecule has 1 heterocycles. The molecule has 0 aliphatic rings. The fourth-order valence-electron chi connectivity index (χ4n) is 2.49. The smallest absolute Gasteiger partial charge is 0.230 e. The van der Waals surface area contributed by atoms with E-state index in [1.165, 1.54) is 28.7 Å². The van der Waals surface area contributed by atoms with E-state index >= 15 is 0 Å². The third-order valence-corrected chi connectivity index (χ3v) is 5.63. The van der Waals surface area contributed by atoms with Crippen molar-refractivity contribution >= 4 is 29.0 Å². The van der Waals surface area contributed by atoms with Crippen LogP contribution in [0, 0.1) is 6.92 Å². The van der Waals surface area contributed by atoms with Crippen molar-refractivity contribution in [2.24, 2.45) is 0 Å². The number of thioether (sulfide) groups is 1. The van der Waals surface area contributed by atoms with E-state index in [9.17, 15) is 4.79 Å². The standard InChI is InChI=1S/C19H19N3OS2/c1-14-21-22-19(25-14)24-13-18(23)20-17(16-10-6-3-7-11-16)12-15-8-4-2-5-9-15/h2-11,17H,12-13H2,1H3,(H,20,23). The summed E-state index contributed by atoms with van der Waals surface area (Å²) in [5.41, 5.74) is 2.31. The summed E-state index contributed by atoms with van der Waals surface area (Å²) in [6, 6.07) is 20.2. The van der Waals surface area contributed by atoms with E-state index in [-0.39, 0.29) is 11.9 Å². The number of hydrogen-bond acceptors (Lipinski definition) is 5. The molecule has 0 bridgehead atoms. The first-order valence-corrected chi connectivity index (χ1v) is 9.82. The maximum Gasteiger partial charge on any atom is 0.230 e. The molecule has 4 nitrogen and oxygen atoms in total. The van der Waals surface area contributed by atoms with Gasteiger partial charge in [0.25, 0.3) is 0 Å². The van der Waals surface area contributed by atoms with Crippen LogP contribution in [-0.2, 0) is 11.2 Å². The summed E-state index contributed by atoms with van der Waals surface area (Å²) in [5, 5.41) is 12.1. The van der Waals surface area contributed by atoms with Crippen LogP contribution in [0.15, 0.2) is 65.0 Å². The number of carbonyl (C=O) groups excluding carboxylic acids is 1. The number of carbonyl (C=O) groups is 1. The van der Waals surface area contributed by atoms with Crippen LogP contribution in [0.3, 0.4) is 0 Å². The molecule has 0 spiro atoms. The van der Waals surface area contributed by atoms with Crippen molar-refractivity contribution < 1.29 is 4.79 Å². The second-order valence-electron chi connectivity index (χ2n) is 5.60. The molecule has 1 N–H and O–H groups in total. The van der Waals surface area contributed by atoms with Crippen molar-refractivity contribution in [1.82, 2.24) is 15.5 Å². The number of amides is 1. The molecule has 1 atom stereocenters. The highest BCUT2D eigenvalue weighted by atomic mass is 32.2. The molecule has 3 aromatic rings. The second kappa shape index (κ2) is 8.78. The van der Waals surface area contributed by atoms with Crippen molar-refractivity contribution in [1.29, 1.82) is 0 Å². The highest BCUT2D eigenvalue weighted by molar-refractivity contribution is 8.01. The zero-order valence-electron chi connectivity index (χ0n) is 13.9. The quantitative estimate of drug-likeness (QED) is 0.639. The Kier molecular flexibility index (Phi) is 6.19. The van der Waals surface area contributed by atoms with Gasteiger partial charge in [-0.3, -0.25) is 4.79 Å². The lowest BCUT2D eigenvalue weighted by Gasteiger charge is -2.19. The molecular weight excluding hydrogens is 350 g/mol. The minimum atomic E-state index is -0.0483. The average Bonchev–Trinajstić information content (AvgIpc) is 3.06. The van der Waals surface area contributed by atoms with Crippen molar-refractivity contribution in [2.45, 2.75) is 23.7 Å². The van der Waals surface area contributed by atoms with Crippen LogP contribution in [0.5, 0.6) is 0 Å². The predicted molar refractivity (Wildman–Crippen MR) is 103 cm³/mol. The largest absolute Gasteiger partial charge is 0.348 e. The van der Waals surface area contributed by atoms with Gasteiger partial charge in [-0.05, 0) is 24.5 Å². The molecule has 0 saturated carbocycles. The van der Waals surface area contributed by atoms with Crippen LogP contribution in [0.2, 0.25) is 0 Å². The molecule has 1 unspecified atom stereocenters. The molecule has 6 heteroatoms. The second-order valence-corrected chi connectivity index (χ2v) is 8.00. The van der Waals surface area contributed by atoms with E-state index in [1.54, 1.807) is 0 Å². The number of hydrogen-bond donors (Lipinski definition) is 1. The number of aromatic nitrogens is 2. The molecule has 1 amide bonds. The van der Waals surface area contributed by atoms with Gasteiger partial charge >= 0.3 is 0 Å². The summed E-state index contributed by atoms with van der Waals surface area (Å²) in [5.74, 6) is 0.342. The van der Waals surface area contributed by atoms with Crippen LogP contribution in [0.25, 0.3) is 0 Å². The van der Waals surface area contributed by atoms with Gasteiger partial charge in [0.15, 0.2) is 4.34 Å². The van der Waals surface area contributed by atoms with Gasteiger partial charge in [-0.25, -0.2) is 0 Å². The van der Waals surface area contributed by atoms with Gasteiger partial charge in [-0.15, -0.1) is 10.2 Å². The highest BCUT2D eigenvalue weighted by Crippen LogP contribution is 2.23. The van der Waals surface area contributed by atoms with Crippen LogP contribution < -0.4 is 5.32 Å².